The van der Waals surface area contributed by atoms with E-state index in [2.05, 4.69) is 15.0 Å². The number of aromatic nitrogens is 3. The van der Waals surface area contributed by atoms with Crippen molar-refractivity contribution < 1.29 is 4.52 Å². The Kier molecular flexibility index (Phi) is 5.99. The molecule has 8 heteroatoms. The molecular weight excluding hydrogens is 423 g/mol. The van der Waals surface area contributed by atoms with E-state index in [0.717, 1.165) is 60.5 Å². The number of nitrogens with one attached hydrogen (secondary N) is 1. The van der Waals surface area contributed by atoms with Crippen molar-refractivity contribution in [2.75, 3.05) is 13.1 Å². The molecule has 1 saturated heterocycles. The summed E-state index contributed by atoms with van der Waals surface area (Å²) in [5.74, 6) is 0.845. The number of hydrogen-bond acceptors (Lipinski definition) is 4. The molecule has 0 unspecified atom stereocenters. The molecule has 0 bridgehead atoms. The monoisotopic (exact) mass is 444 g/mol. The van der Waals surface area contributed by atoms with Gasteiger partial charge in [-0.3, -0.25) is 9.47 Å². The lowest BCUT2D eigenvalue weighted by Crippen LogP contribution is -2.36. The number of hydrogen-bond donors (Lipinski definition) is 1. The van der Waals surface area contributed by atoms with E-state index < -0.39 is 0 Å². The molecule has 1 aliphatic rings. The Morgan fingerprint density at radius 3 is 2.60 bits per heavy atom. The van der Waals surface area contributed by atoms with Crippen LogP contribution in [0.1, 0.15) is 24.6 Å². The smallest absolute Gasteiger partial charge is 0.326 e. The van der Waals surface area contributed by atoms with Crippen LogP contribution in [0.4, 0.5) is 0 Å². The number of benzene rings is 2. The lowest BCUT2D eigenvalue weighted by Gasteiger charge is -2.31. The Balaban J connectivity index is 0.00000218. The molecule has 0 spiro atoms. The maximum Gasteiger partial charge on any atom is 0.326 e. The fourth-order valence-corrected chi connectivity index (χ4v) is 4.26. The van der Waals surface area contributed by atoms with Gasteiger partial charge in [-0.05, 0) is 37.1 Å². The molecule has 0 aliphatic carbocycles. The molecule has 0 amide bonds. The van der Waals surface area contributed by atoms with Crippen molar-refractivity contribution in [3.63, 3.8) is 0 Å². The summed E-state index contributed by atoms with van der Waals surface area (Å²) < 4.78 is 7.46. The second-order valence-corrected chi connectivity index (χ2v) is 7.95. The highest BCUT2D eigenvalue weighted by molar-refractivity contribution is 6.30. The average molecular weight is 445 g/mol. The van der Waals surface area contributed by atoms with E-state index in [-0.39, 0.29) is 24.1 Å². The molecule has 2 aromatic carbocycles. The molecule has 2 aromatic heterocycles. The van der Waals surface area contributed by atoms with E-state index in [1.807, 2.05) is 59.2 Å². The van der Waals surface area contributed by atoms with Gasteiger partial charge >= 0.3 is 5.69 Å². The highest BCUT2D eigenvalue weighted by atomic mass is 35.5. The van der Waals surface area contributed by atoms with Crippen molar-refractivity contribution in [2.45, 2.75) is 25.4 Å². The van der Waals surface area contributed by atoms with E-state index in [1.54, 1.807) is 0 Å². The average Bonchev–Trinajstić information content (AvgIpc) is 3.33. The first-order chi connectivity index (χ1) is 14.2. The SMILES string of the molecule is Cl.O=c1[nH]c2ccccc2n1C1CCN(Cc2cc(-c3ccc(Cl)cc3)no2)CC1. The summed E-state index contributed by atoms with van der Waals surface area (Å²) >= 11 is 5.95. The Morgan fingerprint density at radius 1 is 1.10 bits per heavy atom. The zero-order valence-electron chi connectivity index (χ0n) is 16.3. The van der Waals surface area contributed by atoms with Gasteiger partial charge in [0.25, 0.3) is 0 Å². The van der Waals surface area contributed by atoms with Gasteiger partial charge in [0.1, 0.15) is 5.69 Å². The number of halogens is 2. The molecule has 156 valence electrons. The van der Waals surface area contributed by atoms with Crippen molar-refractivity contribution in [3.05, 3.63) is 75.9 Å². The topological polar surface area (TPSA) is 67.1 Å². The first-order valence-electron chi connectivity index (χ1n) is 9.80. The third-order valence-corrected chi connectivity index (χ3v) is 5.88. The number of aromatic amines is 1. The van der Waals surface area contributed by atoms with Crippen molar-refractivity contribution in [1.29, 1.82) is 0 Å². The number of fused-ring (bicyclic) bond motifs is 1. The van der Waals surface area contributed by atoms with Crippen LogP contribution in [0, 0.1) is 0 Å². The summed E-state index contributed by atoms with van der Waals surface area (Å²) in [7, 11) is 0. The first kappa shape index (κ1) is 20.7. The van der Waals surface area contributed by atoms with Crippen LogP contribution in [-0.2, 0) is 6.54 Å². The first-order valence-corrected chi connectivity index (χ1v) is 10.2. The summed E-state index contributed by atoms with van der Waals surface area (Å²) in [5.41, 5.74) is 3.67. The van der Waals surface area contributed by atoms with Gasteiger partial charge in [-0.15, -0.1) is 12.4 Å². The minimum absolute atomic E-state index is 0. The maximum atomic E-state index is 12.4. The standard InChI is InChI=1S/C22H21ClN4O2.ClH/c23-16-7-5-15(6-8-16)20-13-18(29-25-20)14-26-11-9-17(10-12-26)27-21-4-2-1-3-19(21)24-22(27)28;/h1-8,13,17H,9-12,14H2,(H,24,28);1H. The van der Waals surface area contributed by atoms with Gasteiger partial charge in [0.15, 0.2) is 5.76 Å². The Bertz CT molecular complexity index is 1190. The van der Waals surface area contributed by atoms with Crippen LogP contribution in [0.15, 0.2) is 63.9 Å². The Labute approximate surface area is 184 Å². The highest BCUT2D eigenvalue weighted by Gasteiger charge is 2.24. The van der Waals surface area contributed by atoms with Crippen molar-refractivity contribution in [3.8, 4) is 11.3 Å². The van der Waals surface area contributed by atoms with E-state index in [1.165, 1.54) is 0 Å². The summed E-state index contributed by atoms with van der Waals surface area (Å²) in [4.78, 5) is 17.7. The quantitative estimate of drug-likeness (QED) is 0.486. The lowest BCUT2D eigenvalue weighted by atomic mass is 10.0. The number of nitrogens with zero attached hydrogens (tertiary/aromatic N) is 3. The predicted molar refractivity (Wildman–Crippen MR) is 120 cm³/mol. The van der Waals surface area contributed by atoms with Crippen LogP contribution in [0.3, 0.4) is 0 Å². The third-order valence-electron chi connectivity index (χ3n) is 5.62. The lowest BCUT2D eigenvalue weighted by molar-refractivity contribution is 0.164. The van der Waals surface area contributed by atoms with Crippen LogP contribution in [0.25, 0.3) is 22.3 Å². The van der Waals surface area contributed by atoms with Crippen LogP contribution in [0.5, 0.6) is 0 Å². The van der Waals surface area contributed by atoms with E-state index in [9.17, 15) is 4.79 Å². The molecule has 3 heterocycles. The summed E-state index contributed by atoms with van der Waals surface area (Å²) in [6.45, 7) is 2.54. The normalized spacial score (nSPS) is 15.4. The fraction of sp³-hybridized carbons (Fsp3) is 0.273. The zero-order valence-corrected chi connectivity index (χ0v) is 17.8. The van der Waals surface area contributed by atoms with Gasteiger partial charge in [-0.2, -0.15) is 0 Å². The molecule has 5 rings (SSSR count). The zero-order chi connectivity index (χ0) is 19.8. The minimum atomic E-state index is -0.0208. The van der Waals surface area contributed by atoms with Gasteiger partial charge in [-0.25, -0.2) is 4.79 Å². The van der Waals surface area contributed by atoms with Crippen LogP contribution in [0.2, 0.25) is 5.02 Å². The van der Waals surface area contributed by atoms with Gasteiger partial charge in [0.2, 0.25) is 0 Å². The second-order valence-electron chi connectivity index (χ2n) is 7.51. The van der Waals surface area contributed by atoms with Crippen LogP contribution >= 0.6 is 24.0 Å². The molecule has 4 aromatic rings. The van der Waals surface area contributed by atoms with Crippen LogP contribution < -0.4 is 5.69 Å². The molecule has 0 atom stereocenters. The molecular formula is C22H22Cl2N4O2. The van der Waals surface area contributed by atoms with Gasteiger partial charge in [0, 0.05) is 35.8 Å². The van der Waals surface area contributed by atoms with Crippen molar-refractivity contribution in [1.82, 2.24) is 19.6 Å². The number of likely N-dealkylation sites (tertiary alicyclic amines) is 1. The van der Waals surface area contributed by atoms with E-state index in [0.29, 0.717) is 5.02 Å². The Hall–Kier alpha value is -2.54. The summed E-state index contributed by atoms with van der Waals surface area (Å²) in [5, 5.41) is 4.89. The molecule has 1 fully saturated rings. The number of H-pyrrole nitrogens is 1. The molecule has 0 saturated carbocycles. The maximum absolute atomic E-state index is 12.4. The Morgan fingerprint density at radius 2 is 1.83 bits per heavy atom. The molecule has 1 aliphatic heterocycles. The van der Waals surface area contributed by atoms with Gasteiger partial charge < -0.3 is 9.51 Å². The summed E-state index contributed by atoms with van der Waals surface area (Å²) in [6, 6.07) is 17.7. The number of para-hydroxylation sites is 2. The fourth-order valence-electron chi connectivity index (χ4n) is 4.14. The second kappa shape index (κ2) is 8.68. The third kappa shape index (κ3) is 4.03. The van der Waals surface area contributed by atoms with Gasteiger partial charge in [0.05, 0.1) is 17.6 Å². The van der Waals surface area contributed by atoms with E-state index >= 15 is 0 Å². The van der Waals surface area contributed by atoms with Crippen LogP contribution in [-0.4, -0.2) is 32.7 Å². The molecule has 6 nitrogen and oxygen atoms in total. The summed E-state index contributed by atoms with van der Waals surface area (Å²) in [6.07, 6.45) is 1.86. The van der Waals surface area contributed by atoms with Gasteiger partial charge in [-0.1, -0.05) is 41.0 Å². The number of piperidine rings is 1. The largest absolute Gasteiger partial charge is 0.359 e. The highest BCUT2D eigenvalue weighted by Crippen LogP contribution is 2.27. The number of rotatable bonds is 4. The number of imidazole rings is 1. The van der Waals surface area contributed by atoms with Crippen molar-refractivity contribution >= 4 is 35.0 Å². The predicted octanol–water partition coefficient (Wildman–Crippen LogP) is 4.90. The van der Waals surface area contributed by atoms with Crippen molar-refractivity contribution in [2.24, 2.45) is 0 Å². The molecule has 1 N–H and O–H groups in total. The minimum Gasteiger partial charge on any atom is -0.359 e. The molecule has 0 radical (unpaired) electrons. The van der Waals surface area contributed by atoms with E-state index in [4.69, 9.17) is 16.1 Å². The molecule has 30 heavy (non-hydrogen) atoms.